The molecule has 164 valence electrons. The second-order valence-corrected chi connectivity index (χ2v) is 8.40. The number of hydrogen-bond acceptors (Lipinski definition) is 3. The molecule has 0 amide bonds. The number of halogens is 2. The topological polar surface area (TPSA) is 30.5 Å². The average Bonchev–Trinajstić information content (AvgIpc) is 2.78. The molecule has 3 nitrogen and oxygen atoms in total. The lowest BCUT2D eigenvalue weighted by molar-refractivity contribution is 0.269. The van der Waals surface area contributed by atoms with Crippen LogP contribution in [-0.2, 0) is 19.6 Å². The Labute approximate surface area is 195 Å². The van der Waals surface area contributed by atoms with Gasteiger partial charge in [0.1, 0.15) is 6.61 Å². The molecular formula is C26H29Cl2NO2. The Balaban J connectivity index is 1.60. The van der Waals surface area contributed by atoms with E-state index in [1.165, 1.54) is 5.56 Å². The molecule has 3 aromatic rings. The van der Waals surface area contributed by atoms with Gasteiger partial charge in [0, 0.05) is 17.6 Å². The zero-order valence-electron chi connectivity index (χ0n) is 18.0. The molecule has 0 unspecified atom stereocenters. The van der Waals surface area contributed by atoms with Gasteiger partial charge >= 0.3 is 0 Å². The van der Waals surface area contributed by atoms with Crippen molar-refractivity contribution in [2.24, 2.45) is 0 Å². The highest BCUT2D eigenvalue weighted by Crippen LogP contribution is 2.37. The predicted octanol–water partition coefficient (Wildman–Crippen LogP) is 7.08. The van der Waals surface area contributed by atoms with Crippen LogP contribution in [0.5, 0.6) is 11.5 Å². The molecule has 1 N–H and O–H groups in total. The van der Waals surface area contributed by atoms with E-state index in [0.29, 0.717) is 47.3 Å². The molecule has 3 aromatic carbocycles. The summed E-state index contributed by atoms with van der Waals surface area (Å²) in [6.45, 7) is 5.81. The minimum atomic E-state index is 0.385. The van der Waals surface area contributed by atoms with Crippen LogP contribution in [0.1, 0.15) is 37.0 Å². The fraction of sp³-hybridized carbons (Fsp3) is 0.308. The molecule has 5 heteroatoms. The van der Waals surface area contributed by atoms with Crippen molar-refractivity contribution in [3.63, 3.8) is 0 Å². The van der Waals surface area contributed by atoms with Crippen LogP contribution >= 0.6 is 23.2 Å². The summed E-state index contributed by atoms with van der Waals surface area (Å²) in [5.74, 6) is 1.23. The van der Waals surface area contributed by atoms with Gasteiger partial charge < -0.3 is 14.8 Å². The maximum absolute atomic E-state index is 6.56. The summed E-state index contributed by atoms with van der Waals surface area (Å²) in [6.07, 6.45) is 2.12. The van der Waals surface area contributed by atoms with Gasteiger partial charge in [-0.05, 0) is 67.6 Å². The van der Waals surface area contributed by atoms with Crippen LogP contribution in [0.2, 0.25) is 10.0 Å². The van der Waals surface area contributed by atoms with Gasteiger partial charge in [-0.3, -0.25) is 0 Å². The number of rotatable bonds is 11. The van der Waals surface area contributed by atoms with Crippen molar-refractivity contribution in [2.45, 2.75) is 45.9 Å². The van der Waals surface area contributed by atoms with Crippen LogP contribution in [-0.4, -0.2) is 12.6 Å². The Kier molecular flexibility index (Phi) is 9.08. The van der Waals surface area contributed by atoms with Crippen LogP contribution in [0.25, 0.3) is 0 Å². The van der Waals surface area contributed by atoms with Crippen molar-refractivity contribution < 1.29 is 9.47 Å². The summed E-state index contributed by atoms with van der Waals surface area (Å²) in [4.78, 5) is 0. The van der Waals surface area contributed by atoms with Crippen molar-refractivity contribution >= 4 is 23.2 Å². The normalized spacial score (nSPS) is 11.9. The zero-order valence-corrected chi connectivity index (χ0v) is 19.5. The highest BCUT2D eigenvalue weighted by Gasteiger charge is 2.14. The van der Waals surface area contributed by atoms with Crippen molar-refractivity contribution in [1.29, 1.82) is 0 Å². The molecule has 0 saturated heterocycles. The lowest BCUT2D eigenvalue weighted by Gasteiger charge is -2.17. The third-order valence-electron chi connectivity index (χ3n) is 5.03. The van der Waals surface area contributed by atoms with Crippen molar-refractivity contribution in [2.75, 3.05) is 6.61 Å². The van der Waals surface area contributed by atoms with E-state index in [2.05, 4.69) is 36.5 Å². The van der Waals surface area contributed by atoms with Gasteiger partial charge in [0.15, 0.2) is 11.5 Å². The minimum Gasteiger partial charge on any atom is -0.490 e. The maximum Gasteiger partial charge on any atom is 0.180 e. The molecule has 0 spiro atoms. The fourth-order valence-corrected chi connectivity index (χ4v) is 3.70. The van der Waals surface area contributed by atoms with Gasteiger partial charge in [0.2, 0.25) is 0 Å². The van der Waals surface area contributed by atoms with E-state index < -0.39 is 0 Å². The Morgan fingerprint density at radius 1 is 0.871 bits per heavy atom. The van der Waals surface area contributed by atoms with E-state index in [1.807, 2.05) is 49.4 Å². The first-order valence-electron chi connectivity index (χ1n) is 10.6. The van der Waals surface area contributed by atoms with Crippen molar-refractivity contribution in [3.8, 4) is 11.5 Å². The molecule has 0 radical (unpaired) electrons. The first kappa shape index (κ1) is 23.5. The van der Waals surface area contributed by atoms with Crippen molar-refractivity contribution in [1.82, 2.24) is 5.32 Å². The fourth-order valence-electron chi connectivity index (χ4n) is 3.28. The third kappa shape index (κ3) is 7.46. The molecule has 31 heavy (non-hydrogen) atoms. The molecule has 0 aliphatic heterocycles. The quantitative estimate of drug-likeness (QED) is 0.333. The van der Waals surface area contributed by atoms with E-state index in [9.17, 15) is 0 Å². The smallest absolute Gasteiger partial charge is 0.180 e. The van der Waals surface area contributed by atoms with E-state index in [0.717, 1.165) is 24.0 Å². The van der Waals surface area contributed by atoms with E-state index in [1.54, 1.807) is 0 Å². The average molecular weight is 458 g/mol. The van der Waals surface area contributed by atoms with Crippen molar-refractivity contribution in [3.05, 3.63) is 93.5 Å². The number of benzene rings is 3. The van der Waals surface area contributed by atoms with Gasteiger partial charge in [-0.1, -0.05) is 65.7 Å². The van der Waals surface area contributed by atoms with Gasteiger partial charge in [0.25, 0.3) is 0 Å². The third-order valence-corrected chi connectivity index (χ3v) is 5.56. The summed E-state index contributed by atoms with van der Waals surface area (Å²) in [6, 6.07) is 22.5. The van der Waals surface area contributed by atoms with Crippen LogP contribution < -0.4 is 14.8 Å². The highest BCUT2D eigenvalue weighted by molar-refractivity contribution is 6.32. The summed E-state index contributed by atoms with van der Waals surface area (Å²) in [5.41, 5.74) is 3.44. The molecule has 0 heterocycles. The van der Waals surface area contributed by atoms with Crippen LogP contribution in [0.4, 0.5) is 0 Å². The molecule has 0 aliphatic carbocycles. The lowest BCUT2D eigenvalue weighted by atomic mass is 10.1. The molecule has 0 saturated carbocycles. The molecule has 1 atom stereocenters. The van der Waals surface area contributed by atoms with Gasteiger partial charge in [-0.2, -0.15) is 0 Å². The number of hydrogen-bond donors (Lipinski definition) is 1. The largest absolute Gasteiger partial charge is 0.490 e. The molecule has 0 aromatic heterocycles. The summed E-state index contributed by atoms with van der Waals surface area (Å²) in [5, 5.41) is 4.83. The maximum atomic E-state index is 6.56. The van der Waals surface area contributed by atoms with E-state index in [4.69, 9.17) is 32.7 Å². The van der Waals surface area contributed by atoms with Gasteiger partial charge in [0.05, 0.1) is 11.6 Å². The zero-order chi connectivity index (χ0) is 22.1. The summed E-state index contributed by atoms with van der Waals surface area (Å²) < 4.78 is 11.8. The van der Waals surface area contributed by atoms with E-state index in [-0.39, 0.29) is 0 Å². The monoisotopic (exact) mass is 457 g/mol. The number of aryl methyl sites for hydroxylation is 1. The highest BCUT2D eigenvalue weighted by atomic mass is 35.5. The first-order valence-corrected chi connectivity index (χ1v) is 11.4. The molecule has 0 aliphatic rings. The number of nitrogens with one attached hydrogen (secondary N) is 1. The predicted molar refractivity (Wildman–Crippen MR) is 129 cm³/mol. The SMILES string of the molecule is CCOc1cc(CN[C@@H](C)CCc2ccccc2)cc(Cl)c1OCc1ccc(Cl)cc1. The second-order valence-electron chi connectivity index (χ2n) is 7.56. The lowest BCUT2D eigenvalue weighted by Crippen LogP contribution is -2.26. The first-order chi connectivity index (χ1) is 15.0. The van der Waals surface area contributed by atoms with Gasteiger partial charge in [-0.15, -0.1) is 0 Å². The Morgan fingerprint density at radius 3 is 2.32 bits per heavy atom. The molecule has 0 bridgehead atoms. The summed E-state index contributed by atoms with van der Waals surface area (Å²) >= 11 is 12.5. The standard InChI is InChI=1S/C26H29Cl2NO2/c1-3-30-25-16-22(17-29-19(2)9-10-20-7-5-4-6-8-20)15-24(28)26(25)31-18-21-11-13-23(27)14-12-21/h4-8,11-16,19,29H,3,9-10,17-18H2,1-2H3/t19-/m0/s1. The Bertz CT molecular complexity index is 946. The number of ether oxygens (including phenoxy) is 2. The summed E-state index contributed by atoms with van der Waals surface area (Å²) in [7, 11) is 0. The molecule has 3 rings (SSSR count). The van der Waals surface area contributed by atoms with Gasteiger partial charge in [-0.25, -0.2) is 0 Å². The Hall–Kier alpha value is -2.20. The minimum absolute atomic E-state index is 0.385. The second kappa shape index (κ2) is 12.0. The van der Waals surface area contributed by atoms with Crippen LogP contribution in [0.15, 0.2) is 66.7 Å². The van der Waals surface area contributed by atoms with Crippen LogP contribution in [0, 0.1) is 0 Å². The van der Waals surface area contributed by atoms with E-state index >= 15 is 0 Å². The molecule has 0 fully saturated rings. The van der Waals surface area contributed by atoms with Crippen LogP contribution in [0.3, 0.4) is 0 Å². The molecular weight excluding hydrogens is 429 g/mol. The Morgan fingerprint density at radius 2 is 1.61 bits per heavy atom.